The SMILES string of the molecule is Cc1nc(N2CCOCC2)nc(C)c1NC(=O)Nc1cccc(C(F)(F)F)c1. The molecule has 2 N–H and O–H groups in total. The number of halogens is 3. The largest absolute Gasteiger partial charge is 0.416 e. The van der Waals surface area contributed by atoms with Crippen molar-refractivity contribution in [1.29, 1.82) is 0 Å². The molecule has 2 aromatic rings. The van der Waals surface area contributed by atoms with Crippen LogP contribution in [0.25, 0.3) is 0 Å². The van der Waals surface area contributed by atoms with Gasteiger partial charge < -0.3 is 20.3 Å². The number of amides is 2. The summed E-state index contributed by atoms with van der Waals surface area (Å²) >= 11 is 0. The first-order valence-corrected chi connectivity index (χ1v) is 8.67. The average molecular weight is 395 g/mol. The molecule has 1 fully saturated rings. The maximum atomic E-state index is 12.8. The molecule has 0 unspecified atom stereocenters. The van der Waals surface area contributed by atoms with Gasteiger partial charge in [-0.3, -0.25) is 0 Å². The second-order valence-corrected chi connectivity index (χ2v) is 6.33. The summed E-state index contributed by atoms with van der Waals surface area (Å²) in [6.45, 7) is 6.03. The number of urea groups is 1. The minimum atomic E-state index is -4.48. The molecular formula is C18H20F3N5O2. The fourth-order valence-corrected chi connectivity index (χ4v) is 2.83. The molecule has 1 aromatic heterocycles. The summed E-state index contributed by atoms with van der Waals surface area (Å²) in [5, 5.41) is 5.02. The molecule has 0 aliphatic carbocycles. The fraction of sp³-hybridized carbons (Fsp3) is 0.389. The average Bonchev–Trinajstić information content (AvgIpc) is 2.65. The Bertz CT molecular complexity index is 844. The Morgan fingerprint density at radius 2 is 1.75 bits per heavy atom. The lowest BCUT2D eigenvalue weighted by atomic mass is 10.2. The van der Waals surface area contributed by atoms with Gasteiger partial charge in [0.2, 0.25) is 5.95 Å². The van der Waals surface area contributed by atoms with Crippen molar-refractivity contribution >= 4 is 23.4 Å². The van der Waals surface area contributed by atoms with E-state index < -0.39 is 17.8 Å². The third kappa shape index (κ3) is 4.69. The van der Waals surface area contributed by atoms with Gasteiger partial charge in [-0.1, -0.05) is 6.07 Å². The first-order chi connectivity index (χ1) is 13.2. The number of nitrogens with zero attached hydrogens (tertiary/aromatic N) is 3. The van der Waals surface area contributed by atoms with Gasteiger partial charge in [0, 0.05) is 18.8 Å². The van der Waals surface area contributed by atoms with E-state index in [9.17, 15) is 18.0 Å². The number of carbonyl (C=O) groups excluding carboxylic acids is 1. The van der Waals surface area contributed by atoms with Crippen LogP contribution < -0.4 is 15.5 Å². The van der Waals surface area contributed by atoms with E-state index in [-0.39, 0.29) is 5.69 Å². The molecule has 0 saturated carbocycles. The molecule has 3 rings (SSSR count). The van der Waals surface area contributed by atoms with Crippen molar-refractivity contribution in [2.75, 3.05) is 41.8 Å². The van der Waals surface area contributed by atoms with Crippen LogP contribution in [0.4, 0.5) is 35.3 Å². The number of nitrogens with one attached hydrogen (secondary N) is 2. The number of hydrogen-bond acceptors (Lipinski definition) is 5. The van der Waals surface area contributed by atoms with Crippen LogP contribution in [0.2, 0.25) is 0 Å². The lowest BCUT2D eigenvalue weighted by molar-refractivity contribution is -0.137. The summed E-state index contributed by atoms with van der Waals surface area (Å²) in [7, 11) is 0. The third-order valence-corrected chi connectivity index (χ3v) is 4.24. The molecule has 7 nitrogen and oxygen atoms in total. The second-order valence-electron chi connectivity index (χ2n) is 6.33. The first kappa shape index (κ1) is 19.9. The molecular weight excluding hydrogens is 375 g/mol. The molecule has 0 spiro atoms. The number of carbonyl (C=O) groups is 1. The van der Waals surface area contributed by atoms with Crippen LogP contribution in [-0.2, 0) is 10.9 Å². The van der Waals surface area contributed by atoms with Gasteiger partial charge in [0.25, 0.3) is 0 Å². The molecule has 0 radical (unpaired) electrons. The number of alkyl halides is 3. The summed E-state index contributed by atoms with van der Waals surface area (Å²) in [4.78, 5) is 23.1. The van der Waals surface area contributed by atoms with Crippen LogP contribution in [0.5, 0.6) is 0 Å². The van der Waals surface area contributed by atoms with Gasteiger partial charge in [-0.2, -0.15) is 13.2 Å². The van der Waals surface area contributed by atoms with E-state index in [1.54, 1.807) is 13.8 Å². The molecule has 1 aromatic carbocycles. The van der Waals surface area contributed by atoms with Gasteiger partial charge in [-0.05, 0) is 32.0 Å². The van der Waals surface area contributed by atoms with Gasteiger partial charge >= 0.3 is 12.2 Å². The first-order valence-electron chi connectivity index (χ1n) is 8.67. The van der Waals surface area contributed by atoms with Crippen molar-refractivity contribution in [3.63, 3.8) is 0 Å². The molecule has 2 amide bonds. The number of rotatable bonds is 3. The number of ether oxygens (including phenoxy) is 1. The van der Waals surface area contributed by atoms with Crippen molar-refractivity contribution in [3.8, 4) is 0 Å². The summed E-state index contributed by atoms with van der Waals surface area (Å²) in [5.74, 6) is 0.558. The van der Waals surface area contributed by atoms with Crippen molar-refractivity contribution in [2.24, 2.45) is 0 Å². The summed E-state index contributed by atoms with van der Waals surface area (Å²) in [5.41, 5.74) is 0.743. The smallest absolute Gasteiger partial charge is 0.378 e. The Morgan fingerprint density at radius 1 is 1.11 bits per heavy atom. The van der Waals surface area contributed by atoms with E-state index in [1.807, 2.05) is 4.90 Å². The molecule has 0 atom stereocenters. The van der Waals surface area contributed by atoms with Gasteiger partial charge in [0.05, 0.1) is 35.9 Å². The van der Waals surface area contributed by atoms with Crippen LogP contribution in [-0.4, -0.2) is 42.3 Å². The maximum absolute atomic E-state index is 12.8. The highest BCUT2D eigenvalue weighted by Crippen LogP contribution is 2.30. The zero-order chi connectivity index (χ0) is 20.3. The third-order valence-electron chi connectivity index (χ3n) is 4.24. The monoisotopic (exact) mass is 395 g/mol. The number of anilines is 3. The molecule has 150 valence electrons. The Balaban J connectivity index is 1.72. The van der Waals surface area contributed by atoms with Gasteiger partial charge in [0.1, 0.15) is 0 Å². The normalized spacial score (nSPS) is 14.7. The van der Waals surface area contributed by atoms with Crippen LogP contribution in [0.15, 0.2) is 24.3 Å². The molecule has 2 heterocycles. The molecule has 10 heteroatoms. The summed E-state index contributed by atoms with van der Waals surface area (Å²) < 4.78 is 43.7. The van der Waals surface area contributed by atoms with Gasteiger partial charge in [0.15, 0.2) is 0 Å². The lowest BCUT2D eigenvalue weighted by Gasteiger charge is -2.27. The van der Waals surface area contributed by atoms with Crippen molar-refractivity contribution in [1.82, 2.24) is 9.97 Å². The number of aromatic nitrogens is 2. The number of aryl methyl sites for hydroxylation is 2. The van der Waals surface area contributed by atoms with E-state index in [0.717, 1.165) is 12.1 Å². The Hall–Kier alpha value is -2.88. The Kier molecular flexibility index (Phi) is 5.68. The molecule has 1 saturated heterocycles. The molecule has 28 heavy (non-hydrogen) atoms. The predicted octanol–water partition coefficient (Wildman–Crippen LogP) is 3.59. The van der Waals surface area contributed by atoms with Crippen molar-refractivity contribution in [2.45, 2.75) is 20.0 Å². The molecule has 1 aliphatic rings. The van der Waals surface area contributed by atoms with E-state index in [4.69, 9.17) is 4.74 Å². The minimum absolute atomic E-state index is 0.0356. The van der Waals surface area contributed by atoms with Gasteiger partial charge in [-0.15, -0.1) is 0 Å². The van der Waals surface area contributed by atoms with Crippen molar-refractivity contribution < 1.29 is 22.7 Å². The highest BCUT2D eigenvalue weighted by Gasteiger charge is 2.30. The zero-order valence-electron chi connectivity index (χ0n) is 15.4. The minimum Gasteiger partial charge on any atom is -0.378 e. The highest BCUT2D eigenvalue weighted by atomic mass is 19.4. The topological polar surface area (TPSA) is 79.4 Å². The number of hydrogen-bond donors (Lipinski definition) is 2. The molecule has 1 aliphatic heterocycles. The van der Waals surface area contributed by atoms with Crippen LogP contribution in [0.1, 0.15) is 17.0 Å². The number of benzene rings is 1. The number of morpholine rings is 1. The second kappa shape index (κ2) is 8.01. The van der Waals surface area contributed by atoms with E-state index in [0.29, 0.717) is 49.3 Å². The summed E-state index contributed by atoms with van der Waals surface area (Å²) in [6, 6.07) is 3.75. The van der Waals surface area contributed by atoms with Crippen LogP contribution in [0, 0.1) is 13.8 Å². The zero-order valence-corrected chi connectivity index (χ0v) is 15.4. The van der Waals surface area contributed by atoms with E-state index in [1.165, 1.54) is 12.1 Å². The van der Waals surface area contributed by atoms with E-state index in [2.05, 4.69) is 20.6 Å². The highest BCUT2D eigenvalue weighted by molar-refractivity contribution is 6.00. The lowest BCUT2D eigenvalue weighted by Crippen LogP contribution is -2.37. The fourth-order valence-electron chi connectivity index (χ4n) is 2.83. The Labute approximate surface area is 159 Å². The Morgan fingerprint density at radius 3 is 2.36 bits per heavy atom. The quantitative estimate of drug-likeness (QED) is 0.830. The standard InChI is InChI=1S/C18H20F3N5O2/c1-11-15(12(2)23-16(22-11)26-6-8-28-9-7-26)25-17(27)24-14-5-3-4-13(10-14)18(19,20)21/h3-5,10H,6-9H2,1-2H3,(H2,24,25,27). The van der Waals surface area contributed by atoms with Gasteiger partial charge in [-0.25, -0.2) is 14.8 Å². The maximum Gasteiger partial charge on any atom is 0.416 e. The molecule has 0 bridgehead atoms. The van der Waals surface area contributed by atoms with E-state index >= 15 is 0 Å². The predicted molar refractivity (Wildman–Crippen MR) is 98.6 cm³/mol. The van der Waals surface area contributed by atoms with Crippen LogP contribution >= 0.6 is 0 Å². The van der Waals surface area contributed by atoms with Crippen LogP contribution in [0.3, 0.4) is 0 Å². The summed E-state index contributed by atoms with van der Waals surface area (Å²) in [6.07, 6.45) is -4.48. The van der Waals surface area contributed by atoms with Crippen molar-refractivity contribution in [3.05, 3.63) is 41.2 Å².